The largest absolute Gasteiger partial charge is 0.379 e. The Morgan fingerprint density at radius 2 is 2.11 bits per heavy atom. The molecule has 2 aromatic rings. The third-order valence-corrected chi connectivity index (χ3v) is 4.83. The highest BCUT2D eigenvalue weighted by molar-refractivity contribution is 7.89. The van der Waals surface area contributed by atoms with E-state index in [0.717, 1.165) is 4.88 Å². The van der Waals surface area contributed by atoms with Crippen LogP contribution in [0.4, 0.5) is 5.69 Å². The molecule has 0 aliphatic carbocycles. The predicted octanol–water partition coefficient (Wildman–Crippen LogP) is 2.05. The number of hydrogen-bond donors (Lipinski definition) is 2. The molecule has 19 heavy (non-hydrogen) atoms. The van der Waals surface area contributed by atoms with Crippen molar-refractivity contribution in [3.05, 3.63) is 40.8 Å². The van der Waals surface area contributed by atoms with Gasteiger partial charge < -0.3 is 5.32 Å². The van der Waals surface area contributed by atoms with Crippen LogP contribution in [-0.2, 0) is 16.6 Å². The quantitative estimate of drug-likeness (QED) is 0.856. The van der Waals surface area contributed by atoms with Gasteiger partial charge in [-0.15, -0.1) is 11.3 Å². The molecule has 0 amide bonds. The van der Waals surface area contributed by atoms with Gasteiger partial charge in [-0.2, -0.15) is 0 Å². The zero-order chi connectivity index (χ0) is 13.7. The van der Waals surface area contributed by atoms with Crippen molar-refractivity contribution in [1.29, 1.82) is 0 Å². The summed E-state index contributed by atoms with van der Waals surface area (Å²) in [7, 11) is -3.46. The number of nitrogens with zero attached hydrogens (tertiary/aromatic N) is 1. The second-order valence-electron chi connectivity index (χ2n) is 3.82. The van der Waals surface area contributed by atoms with Crippen LogP contribution in [-0.4, -0.2) is 19.9 Å². The number of anilines is 1. The van der Waals surface area contributed by atoms with E-state index in [4.69, 9.17) is 0 Å². The molecule has 2 N–H and O–H groups in total. The van der Waals surface area contributed by atoms with Crippen LogP contribution in [0, 0.1) is 0 Å². The third kappa shape index (κ3) is 3.52. The van der Waals surface area contributed by atoms with Crippen LogP contribution in [0.25, 0.3) is 0 Å². The average molecular weight is 297 g/mol. The summed E-state index contributed by atoms with van der Waals surface area (Å²) < 4.78 is 26.6. The Kier molecular flexibility index (Phi) is 4.52. The molecular formula is C12H15N3O2S2. The van der Waals surface area contributed by atoms with Crippen LogP contribution in [0.15, 0.2) is 40.9 Å². The van der Waals surface area contributed by atoms with Gasteiger partial charge in [-0.25, -0.2) is 13.1 Å². The van der Waals surface area contributed by atoms with E-state index < -0.39 is 10.0 Å². The number of para-hydroxylation sites is 1. The fraction of sp³-hybridized carbons (Fsp3) is 0.250. The molecule has 102 valence electrons. The van der Waals surface area contributed by atoms with Crippen molar-refractivity contribution in [3.63, 3.8) is 0 Å². The number of benzene rings is 1. The lowest BCUT2D eigenvalue weighted by atomic mass is 10.3. The standard InChI is InChI=1S/C12H15N3O2S2/c1-2-15-19(16,17)12-6-4-3-5-11(12)14-8-10-7-13-9-18-10/h3-7,9,14-15H,2,8H2,1H3. The normalized spacial score (nSPS) is 11.4. The van der Waals surface area contributed by atoms with Crippen molar-refractivity contribution in [2.75, 3.05) is 11.9 Å². The fourth-order valence-electron chi connectivity index (χ4n) is 1.63. The van der Waals surface area contributed by atoms with Gasteiger partial charge in [0.1, 0.15) is 4.90 Å². The van der Waals surface area contributed by atoms with E-state index in [0.29, 0.717) is 18.8 Å². The molecule has 1 heterocycles. The van der Waals surface area contributed by atoms with Crippen molar-refractivity contribution in [2.45, 2.75) is 18.4 Å². The lowest BCUT2D eigenvalue weighted by Gasteiger charge is -2.11. The van der Waals surface area contributed by atoms with Crippen LogP contribution in [0.1, 0.15) is 11.8 Å². The Hall–Kier alpha value is -1.44. The van der Waals surface area contributed by atoms with Crippen molar-refractivity contribution in [2.24, 2.45) is 0 Å². The van der Waals surface area contributed by atoms with Gasteiger partial charge in [0.05, 0.1) is 17.7 Å². The van der Waals surface area contributed by atoms with Crippen LogP contribution < -0.4 is 10.0 Å². The Morgan fingerprint density at radius 1 is 1.32 bits per heavy atom. The van der Waals surface area contributed by atoms with E-state index in [1.54, 1.807) is 42.9 Å². The van der Waals surface area contributed by atoms with E-state index in [9.17, 15) is 8.42 Å². The van der Waals surface area contributed by atoms with Gasteiger partial charge in [0.25, 0.3) is 0 Å². The molecule has 0 atom stereocenters. The monoisotopic (exact) mass is 297 g/mol. The molecule has 0 spiro atoms. The van der Waals surface area contributed by atoms with Crippen LogP contribution in [0.2, 0.25) is 0 Å². The van der Waals surface area contributed by atoms with Crippen molar-refractivity contribution >= 4 is 27.0 Å². The van der Waals surface area contributed by atoms with E-state index in [1.165, 1.54) is 11.3 Å². The van der Waals surface area contributed by atoms with Crippen molar-refractivity contribution in [3.8, 4) is 0 Å². The predicted molar refractivity (Wildman–Crippen MR) is 76.7 cm³/mol. The first-order valence-electron chi connectivity index (χ1n) is 5.83. The Bertz CT molecular complexity index is 624. The third-order valence-electron chi connectivity index (χ3n) is 2.45. The first-order chi connectivity index (χ1) is 9.13. The number of aromatic nitrogens is 1. The second kappa shape index (κ2) is 6.14. The Labute approximate surface area is 116 Å². The molecule has 7 heteroatoms. The summed E-state index contributed by atoms with van der Waals surface area (Å²) in [4.78, 5) is 5.30. The maximum atomic E-state index is 12.1. The molecule has 0 saturated carbocycles. The average Bonchev–Trinajstić information content (AvgIpc) is 2.90. The second-order valence-corrected chi connectivity index (χ2v) is 6.53. The van der Waals surface area contributed by atoms with Gasteiger partial charge in [0.2, 0.25) is 10.0 Å². The number of nitrogens with one attached hydrogen (secondary N) is 2. The molecular weight excluding hydrogens is 282 g/mol. The van der Waals surface area contributed by atoms with Crippen LogP contribution in [0.3, 0.4) is 0 Å². The minimum absolute atomic E-state index is 0.265. The SMILES string of the molecule is CCNS(=O)(=O)c1ccccc1NCc1cncs1. The topological polar surface area (TPSA) is 71.1 Å². The summed E-state index contributed by atoms with van der Waals surface area (Å²) in [6.07, 6.45) is 1.76. The highest BCUT2D eigenvalue weighted by atomic mass is 32.2. The maximum absolute atomic E-state index is 12.1. The molecule has 0 radical (unpaired) electrons. The first-order valence-corrected chi connectivity index (χ1v) is 8.19. The van der Waals surface area contributed by atoms with E-state index in [-0.39, 0.29) is 4.90 Å². The summed E-state index contributed by atoms with van der Waals surface area (Å²) >= 11 is 1.53. The lowest BCUT2D eigenvalue weighted by molar-refractivity contribution is 0.584. The molecule has 0 aliphatic rings. The lowest BCUT2D eigenvalue weighted by Crippen LogP contribution is -2.24. The molecule has 0 saturated heterocycles. The smallest absolute Gasteiger partial charge is 0.242 e. The number of hydrogen-bond acceptors (Lipinski definition) is 5. The minimum atomic E-state index is -3.46. The molecule has 2 rings (SSSR count). The van der Waals surface area contributed by atoms with Crippen LogP contribution >= 0.6 is 11.3 Å². The highest BCUT2D eigenvalue weighted by Gasteiger charge is 2.16. The molecule has 1 aromatic heterocycles. The van der Waals surface area contributed by atoms with E-state index in [1.807, 2.05) is 0 Å². The van der Waals surface area contributed by atoms with Gasteiger partial charge in [-0.1, -0.05) is 19.1 Å². The summed E-state index contributed by atoms with van der Waals surface area (Å²) in [5.74, 6) is 0. The fourth-order valence-corrected chi connectivity index (χ4v) is 3.38. The zero-order valence-corrected chi connectivity index (χ0v) is 12.1. The van der Waals surface area contributed by atoms with E-state index >= 15 is 0 Å². The summed E-state index contributed by atoms with van der Waals surface area (Å²) in [5.41, 5.74) is 2.34. The number of rotatable bonds is 6. The molecule has 0 unspecified atom stereocenters. The van der Waals surface area contributed by atoms with Gasteiger partial charge >= 0.3 is 0 Å². The minimum Gasteiger partial charge on any atom is -0.379 e. The maximum Gasteiger partial charge on any atom is 0.242 e. The van der Waals surface area contributed by atoms with Crippen LogP contribution in [0.5, 0.6) is 0 Å². The van der Waals surface area contributed by atoms with Gasteiger partial charge in [-0.05, 0) is 12.1 Å². The molecule has 0 aliphatic heterocycles. The zero-order valence-electron chi connectivity index (χ0n) is 10.5. The van der Waals surface area contributed by atoms with Crippen molar-refractivity contribution < 1.29 is 8.42 Å². The first kappa shape index (κ1) is 14.0. The molecule has 0 bridgehead atoms. The van der Waals surface area contributed by atoms with E-state index in [2.05, 4.69) is 15.0 Å². The van der Waals surface area contributed by atoms with Gasteiger partial charge in [-0.3, -0.25) is 4.98 Å². The molecule has 0 fully saturated rings. The number of thiazole rings is 1. The number of sulfonamides is 1. The molecule has 5 nitrogen and oxygen atoms in total. The summed E-state index contributed by atoms with van der Waals surface area (Å²) in [6.45, 7) is 2.68. The Balaban J connectivity index is 2.21. The summed E-state index contributed by atoms with van der Waals surface area (Å²) in [6, 6.07) is 6.86. The molecule has 1 aromatic carbocycles. The Morgan fingerprint density at radius 3 is 2.79 bits per heavy atom. The van der Waals surface area contributed by atoms with Gasteiger partial charge in [0, 0.05) is 17.6 Å². The highest BCUT2D eigenvalue weighted by Crippen LogP contribution is 2.21. The van der Waals surface area contributed by atoms with Gasteiger partial charge in [0.15, 0.2) is 0 Å². The van der Waals surface area contributed by atoms with Crippen molar-refractivity contribution in [1.82, 2.24) is 9.71 Å². The summed E-state index contributed by atoms with van der Waals surface area (Å²) in [5, 5.41) is 3.13.